The highest BCUT2D eigenvalue weighted by Crippen LogP contribution is 2.36. The molecule has 0 N–H and O–H groups in total. The summed E-state index contributed by atoms with van der Waals surface area (Å²) in [5.41, 5.74) is 6.58. The Kier molecular flexibility index (Phi) is 13.5. The lowest BCUT2D eigenvalue weighted by Gasteiger charge is -2.44. The number of hydrogen-bond acceptors (Lipinski definition) is 5. The van der Waals surface area contributed by atoms with E-state index in [1.54, 1.807) is 0 Å². The van der Waals surface area contributed by atoms with Crippen LogP contribution < -0.4 is 4.74 Å². The van der Waals surface area contributed by atoms with Crippen molar-refractivity contribution in [1.82, 2.24) is 4.90 Å². The van der Waals surface area contributed by atoms with E-state index in [1.165, 1.54) is 5.56 Å². The summed E-state index contributed by atoms with van der Waals surface area (Å²) in [6, 6.07) is 34.9. The number of ether oxygens (including phenoxy) is 4. The Morgan fingerprint density at radius 3 is 1.70 bits per heavy atom. The Morgan fingerprint density at radius 2 is 1.19 bits per heavy atom. The first kappa shape index (κ1) is 34.9. The molecule has 1 heterocycles. The zero-order chi connectivity index (χ0) is 32.8. The molecule has 0 spiro atoms. The topological polar surface area (TPSA) is 40.2 Å². The van der Waals surface area contributed by atoms with Crippen LogP contribution in [0.2, 0.25) is 0 Å². The van der Waals surface area contributed by atoms with Crippen LogP contribution in [0.3, 0.4) is 0 Å². The fourth-order valence-corrected chi connectivity index (χ4v) is 6.03. The Labute approximate surface area is 289 Å². The highest BCUT2D eigenvalue weighted by Gasteiger charge is 2.41. The molecule has 1 saturated heterocycles. The number of halogens is 2. The fourth-order valence-electron chi connectivity index (χ4n) is 5.71. The molecule has 0 aliphatic carbocycles. The number of nitrogens with zero attached hydrogens (tertiary/aromatic N) is 1. The molecule has 0 aromatic heterocycles. The molecule has 5 nitrogen and oxygen atoms in total. The minimum Gasteiger partial charge on any atom is -0.494 e. The maximum Gasteiger partial charge on any atom is 0.160 e. The van der Waals surface area contributed by atoms with Crippen molar-refractivity contribution >= 4 is 35.4 Å². The van der Waals surface area contributed by atoms with Crippen LogP contribution in [-0.4, -0.2) is 48.4 Å². The molecular weight excluding hydrogens is 629 g/mol. The van der Waals surface area contributed by atoms with Gasteiger partial charge in [-0.1, -0.05) is 140 Å². The van der Waals surface area contributed by atoms with E-state index in [0.29, 0.717) is 46.1 Å². The Morgan fingerprint density at radius 1 is 0.660 bits per heavy atom. The molecule has 4 aromatic carbocycles. The van der Waals surface area contributed by atoms with Gasteiger partial charge in [-0.05, 0) is 45.5 Å². The number of alkyl halides is 2. The zero-order valence-electron chi connectivity index (χ0n) is 26.7. The van der Waals surface area contributed by atoms with Gasteiger partial charge < -0.3 is 18.9 Å². The van der Waals surface area contributed by atoms with E-state index in [9.17, 15) is 0 Å². The van der Waals surface area contributed by atoms with Crippen molar-refractivity contribution in [2.45, 2.75) is 49.3 Å². The van der Waals surface area contributed by atoms with Gasteiger partial charge >= 0.3 is 0 Å². The summed E-state index contributed by atoms with van der Waals surface area (Å²) >= 11 is 12.9. The molecule has 7 heteroatoms. The molecule has 5 rings (SSSR count). The molecule has 1 fully saturated rings. The Bertz CT molecular complexity index is 1450. The van der Waals surface area contributed by atoms with Crippen LogP contribution in [0, 0.1) is 0 Å². The largest absolute Gasteiger partial charge is 0.494 e. The third-order valence-electron chi connectivity index (χ3n) is 8.34. The molecule has 3 atom stereocenters. The lowest BCUT2D eigenvalue weighted by Crippen LogP contribution is -2.53. The van der Waals surface area contributed by atoms with Crippen molar-refractivity contribution in [2.75, 3.05) is 26.3 Å². The second-order valence-electron chi connectivity index (χ2n) is 11.7. The van der Waals surface area contributed by atoms with Crippen molar-refractivity contribution in [1.29, 1.82) is 0 Å². The van der Waals surface area contributed by atoms with Crippen molar-refractivity contribution in [3.63, 3.8) is 0 Å². The van der Waals surface area contributed by atoms with E-state index < -0.39 is 4.96 Å². The summed E-state index contributed by atoms with van der Waals surface area (Å²) in [5, 5.41) is 0. The molecular formula is C40H43Cl2NO4. The average molecular weight is 673 g/mol. The molecule has 1 aliphatic heterocycles. The number of likely N-dealkylation sites (tertiary alicyclic amines) is 1. The number of piperidine rings is 1. The second kappa shape index (κ2) is 18.2. The van der Waals surface area contributed by atoms with Crippen molar-refractivity contribution < 1.29 is 18.9 Å². The summed E-state index contributed by atoms with van der Waals surface area (Å²) in [6.07, 6.45) is 4.04. The number of hydrogen-bond donors (Lipinski definition) is 0. The van der Waals surface area contributed by atoms with Crippen LogP contribution in [0.5, 0.6) is 5.75 Å². The van der Waals surface area contributed by atoms with Gasteiger partial charge in [0.05, 0.1) is 45.2 Å². The second-order valence-corrected chi connectivity index (χ2v) is 12.7. The lowest BCUT2D eigenvalue weighted by atomic mass is 9.84. The van der Waals surface area contributed by atoms with Gasteiger partial charge in [-0.2, -0.15) is 0 Å². The van der Waals surface area contributed by atoms with E-state index in [2.05, 4.69) is 61.7 Å². The fraction of sp³-hybridized carbons (Fsp3) is 0.300. The molecule has 1 aliphatic rings. The molecule has 0 amide bonds. The van der Waals surface area contributed by atoms with Gasteiger partial charge in [0.2, 0.25) is 0 Å². The minimum absolute atomic E-state index is 0.0568. The van der Waals surface area contributed by atoms with Crippen LogP contribution >= 0.6 is 23.2 Å². The van der Waals surface area contributed by atoms with Crippen LogP contribution in [0.1, 0.15) is 45.7 Å². The number of rotatable bonds is 17. The minimum atomic E-state index is -0.681. The summed E-state index contributed by atoms with van der Waals surface area (Å²) < 4.78 is 25.1. The smallest absolute Gasteiger partial charge is 0.160 e. The lowest BCUT2D eigenvalue weighted by molar-refractivity contribution is -0.0985. The van der Waals surface area contributed by atoms with E-state index in [4.69, 9.17) is 42.1 Å². The summed E-state index contributed by atoms with van der Waals surface area (Å²) in [4.78, 5) is 1.33. The van der Waals surface area contributed by atoms with Gasteiger partial charge in [0.1, 0.15) is 5.75 Å². The van der Waals surface area contributed by atoms with E-state index >= 15 is 0 Å². The van der Waals surface area contributed by atoms with Crippen molar-refractivity contribution in [3.05, 3.63) is 150 Å². The van der Waals surface area contributed by atoms with Crippen molar-refractivity contribution in [3.8, 4) is 5.75 Å². The first-order chi connectivity index (χ1) is 23.0. The maximum atomic E-state index is 6.65. The molecule has 47 heavy (non-hydrogen) atoms. The van der Waals surface area contributed by atoms with E-state index in [1.807, 2.05) is 71.6 Å². The third-order valence-corrected chi connectivity index (χ3v) is 8.90. The zero-order valence-corrected chi connectivity index (χ0v) is 28.2. The van der Waals surface area contributed by atoms with Gasteiger partial charge in [0.15, 0.2) is 4.96 Å². The van der Waals surface area contributed by atoms with Gasteiger partial charge in [-0.25, -0.2) is 0 Å². The Balaban J connectivity index is 1.27. The SMILES string of the molecule is C=Cc1ccc(CO[C@H]2CN(C(Cl)Cl)C[C@@H](OCc3ccc(C=C)cc3)C2c2ccc(OCCCOCc3ccccc3)cc2)cc1. The van der Waals surface area contributed by atoms with E-state index in [0.717, 1.165) is 40.0 Å². The Hall–Kier alpha value is -3.42. The molecule has 1 unspecified atom stereocenters. The summed E-state index contributed by atoms with van der Waals surface area (Å²) in [7, 11) is 0. The third kappa shape index (κ3) is 10.5. The van der Waals surface area contributed by atoms with Crippen LogP contribution in [0.15, 0.2) is 116 Å². The standard InChI is InChI=1S/C40H43Cl2NO4/c1-3-30-11-15-33(16-12-30)28-46-37-25-43(40(41)42)26-38(47-29-34-17-13-31(4-2)14-18-34)39(37)35-19-21-36(22-20-35)45-24-8-23-44-27-32-9-6-5-7-10-32/h3-7,9-22,37-40H,1-2,8,23-29H2/t37-,38+,39?. The number of benzene rings is 4. The van der Waals surface area contributed by atoms with Gasteiger partial charge in [0, 0.05) is 25.4 Å². The quantitative estimate of drug-likeness (QED) is 0.0636. The average Bonchev–Trinajstić information content (AvgIpc) is 3.12. The van der Waals surface area contributed by atoms with Crippen LogP contribution in [0.25, 0.3) is 12.2 Å². The normalized spacial score (nSPS) is 18.2. The maximum absolute atomic E-state index is 6.65. The van der Waals surface area contributed by atoms with E-state index in [-0.39, 0.29) is 18.1 Å². The summed E-state index contributed by atoms with van der Waals surface area (Å²) in [6.45, 7) is 11.6. The first-order valence-corrected chi connectivity index (χ1v) is 16.9. The van der Waals surface area contributed by atoms with Crippen LogP contribution in [0.4, 0.5) is 0 Å². The molecule has 0 radical (unpaired) electrons. The highest BCUT2D eigenvalue weighted by molar-refractivity contribution is 6.43. The van der Waals surface area contributed by atoms with Crippen molar-refractivity contribution in [2.24, 2.45) is 0 Å². The molecule has 0 bridgehead atoms. The predicted octanol–water partition coefficient (Wildman–Crippen LogP) is 9.29. The monoisotopic (exact) mass is 671 g/mol. The highest BCUT2D eigenvalue weighted by atomic mass is 35.5. The van der Waals surface area contributed by atoms with Gasteiger partial charge in [0.25, 0.3) is 0 Å². The molecule has 0 saturated carbocycles. The predicted molar refractivity (Wildman–Crippen MR) is 193 cm³/mol. The summed E-state index contributed by atoms with van der Waals surface area (Å²) in [5.74, 6) is 0.758. The van der Waals surface area contributed by atoms with Gasteiger partial charge in [-0.3, -0.25) is 4.90 Å². The van der Waals surface area contributed by atoms with Gasteiger partial charge in [-0.15, -0.1) is 0 Å². The van der Waals surface area contributed by atoms with Crippen LogP contribution in [-0.2, 0) is 34.0 Å². The molecule has 246 valence electrons. The first-order valence-electron chi connectivity index (χ1n) is 16.0. The molecule has 4 aromatic rings.